The maximum atomic E-state index is 6.47. The summed E-state index contributed by atoms with van der Waals surface area (Å²) in [4.78, 5) is 0. The van der Waals surface area contributed by atoms with E-state index in [0.717, 1.165) is 29.7 Å². The first kappa shape index (κ1) is 15.4. The van der Waals surface area contributed by atoms with E-state index in [1.54, 1.807) is 0 Å². The summed E-state index contributed by atoms with van der Waals surface area (Å²) in [5, 5.41) is 0.679. The predicted molar refractivity (Wildman–Crippen MR) is 91.5 cm³/mol. The van der Waals surface area contributed by atoms with Crippen molar-refractivity contribution >= 4 is 11.6 Å². The van der Waals surface area contributed by atoms with Crippen LogP contribution in [0.3, 0.4) is 0 Å². The quantitative estimate of drug-likeness (QED) is 0.874. The first-order chi connectivity index (χ1) is 10.5. The van der Waals surface area contributed by atoms with Gasteiger partial charge >= 0.3 is 0 Å². The summed E-state index contributed by atoms with van der Waals surface area (Å²) >= 11 is 6.47. The maximum Gasteiger partial charge on any atom is 0.141 e. The molecular formula is C19H22ClNO. The van der Waals surface area contributed by atoms with Crippen molar-refractivity contribution in [1.29, 1.82) is 0 Å². The van der Waals surface area contributed by atoms with Crippen LogP contribution in [0, 0.1) is 6.92 Å². The highest BCUT2D eigenvalue weighted by Gasteiger charge is 2.47. The molecule has 1 aliphatic rings. The highest BCUT2D eigenvalue weighted by Crippen LogP contribution is 2.51. The Morgan fingerprint density at radius 1 is 1.23 bits per heavy atom. The fourth-order valence-corrected chi connectivity index (χ4v) is 3.39. The second-order valence-corrected chi connectivity index (χ2v) is 6.73. The summed E-state index contributed by atoms with van der Waals surface area (Å²) in [6.07, 6.45) is 2.29. The topological polar surface area (TPSA) is 35.2 Å². The Balaban J connectivity index is 1.82. The van der Waals surface area contributed by atoms with Crippen molar-refractivity contribution in [2.45, 2.75) is 44.8 Å². The van der Waals surface area contributed by atoms with E-state index in [-0.39, 0.29) is 11.5 Å². The number of benzene rings is 2. The lowest BCUT2D eigenvalue weighted by Gasteiger charge is -2.22. The molecule has 0 saturated heterocycles. The van der Waals surface area contributed by atoms with Crippen molar-refractivity contribution < 1.29 is 4.74 Å². The first-order valence-electron chi connectivity index (χ1n) is 7.76. The van der Waals surface area contributed by atoms with Crippen molar-refractivity contribution in [2.24, 2.45) is 5.73 Å². The zero-order valence-corrected chi connectivity index (χ0v) is 13.9. The van der Waals surface area contributed by atoms with E-state index in [0.29, 0.717) is 11.6 Å². The molecule has 0 radical (unpaired) electrons. The van der Waals surface area contributed by atoms with Gasteiger partial charge in [-0.05, 0) is 49.4 Å². The molecule has 0 aromatic heterocycles. The molecule has 1 saturated carbocycles. The standard InChI is InChI=1S/C19H22ClNO/c1-13-10-16(19(8-9-19)14(2)21)11-17(20)18(13)22-12-15-6-4-3-5-7-15/h3-7,10-11,14H,8-9,12,21H2,1-2H3. The molecule has 0 bridgehead atoms. The molecule has 0 spiro atoms. The van der Waals surface area contributed by atoms with Gasteiger partial charge in [0.2, 0.25) is 0 Å². The van der Waals surface area contributed by atoms with Crippen LogP contribution in [0.15, 0.2) is 42.5 Å². The molecule has 1 aliphatic carbocycles. The molecule has 1 atom stereocenters. The number of halogens is 1. The lowest BCUT2D eigenvalue weighted by Crippen LogP contribution is -2.31. The minimum Gasteiger partial charge on any atom is -0.487 e. The van der Waals surface area contributed by atoms with Crippen LogP contribution >= 0.6 is 11.6 Å². The van der Waals surface area contributed by atoms with Crippen LogP contribution in [0.4, 0.5) is 0 Å². The summed E-state index contributed by atoms with van der Waals surface area (Å²) in [5.74, 6) is 0.773. The number of nitrogens with two attached hydrogens (primary N) is 1. The SMILES string of the molecule is Cc1cc(C2(C(C)N)CC2)cc(Cl)c1OCc1ccccc1. The van der Waals surface area contributed by atoms with E-state index in [1.165, 1.54) is 5.56 Å². The number of rotatable bonds is 5. The predicted octanol–water partition coefficient (Wildman–Crippen LogP) is 4.61. The summed E-state index contributed by atoms with van der Waals surface area (Å²) in [5.41, 5.74) is 9.74. The molecule has 0 heterocycles. The first-order valence-corrected chi connectivity index (χ1v) is 8.14. The number of aryl methyl sites for hydroxylation is 1. The van der Waals surface area contributed by atoms with Gasteiger partial charge in [0.05, 0.1) is 5.02 Å². The van der Waals surface area contributed by atoms with Crippen LogP contribution in [-0.4, -0.2) is 6.04 Å². The fraction of sp³-hybridized carbons (Fsp3) is 0.368. The van der Waals surface area contributed by atoms with E-state index in [2.05, 4.69) is 13.0 Å². The molecule has 22 heavy (non-hydrogen) atoms. The van der Waals surface area contributed by atoms with E-state index in [9.17, 15) is 0 Å². The van der Waals surface area contributed by atoms with Gasteiger partial charge in [-0.15, -0.1) is 0 Å². The van der Waals surface area contributed by atoms with E-state index in [1.807, 2.05) is 43.3 Å². The number of hydrogen-bond acceptors (Lipinski definition) is 2. The molecule has 2 nitrogen and oxygen atoms in total. The van der Waals surface area contributed by atoms with Gasteiger partial charge in [-0.1, -0.05) is 48.0 Å². The lowest BCUT2D eigenvalue weighted by atomic mass is 9.88. The molecule has 1 unspecified atom stereocenters. The largest absolute Gasteiger partial charge is 0.487 e. The number of hydrogen-bond donors (Lipinski definition) is 1. The van der Waals surface area contributed by atoms with Gasteiger partial charge in [0.15, 0.2) is 0 Å². The van der Waals surface area contributed by atoms with Crippen molar-refractivity contribution in [3.05, 3.63) is 64.2 Å². The Hall–Kier alpha value is -1.51. The molecule has 1 fully saturated rings. The average molecular weight is 316 g/mol. The minimum absolute atomic E-state index is 0.117. The van der Waals surface area contributed by atoms with Crippen molar-refractivity contribution in [2.75, 3.05) is 0 Å². The van der Waals surface area contributed by atoms with Crippen LogP contribution in [0.25, 0.3) is 0 Å². The molecule has 3 heteroatoms. The van der Waals surface area contributed by atoms with Gasteiger partial charge in [-0.2, -0.15) is 0 Å². The van der Waals surface area contributed by atoms with Gasteiger partial charge in [-0.3, -0.25) is 0 Å². The van der Waals surface area contributed by atoms with Gasteiger partial charge in [0.25, 0.3) is 0 Å². The minimum atomic E-state index is 0.117. The normalized spacial score (nSPS) is 17.1. The van der Waals surface area contributed by atoms with Crippen LogP contribution in [0.2, 0.25) is 5.02 Å². The summed E-state index contributed by atoms with van der Waals surface area (Å²) < 4.78 is 5.94. The second-order valence-electron chi connectivity index (χ2n) is 6.32. The van der Waals surface area contributed by atoms with Crippen molar-refractivity contribution in [3.63, 3.8) is 0 Å². The Kier molecular flexibility index (Phi) is 4.16. The van der Waals surface area contributed by atoms with E-state index < -0.39 is 0 Å². The molecular weight excluding hydrogens is 294 g/mol. The van der Waals surface area contributed by atoms with Crippen molar-refractivity contribution in [1.82, 2.24) is 0 Å². The average Bonchev–Trinajstić information content (AvgIpc) is 3.29. The molecule has 0 amide bonds. The lowest BCUT2D eigenvalue weighted by molar-refractivity contribution is 0.304. The van der Waals surface area contributed by atoms with Crippen LogP contribution in [-0.2, 0) is 12.0 Å². The fourth-order valence-electron chi connectivity index (χ4n) is 3.07. The summed E-state index contributed by atoms with van der Waals surface area (Å²) in [7, 11) is 0. The molecule has 0 aliphatic heterocycles. The highest BCUT2D eigenvalue weighted by atomic mass is 35.5. The second kappa shape index (κ2) is 5.94. The third-order valence-corrected chi connectivity index (χ3v) is 4.97. The Morgan fingerprint density at radius 3 is 2.45 bits per heavy atom. The van der Waals surface area contributed by atoms with Crippen LogP contribution in [0.5, 0.6) is 5.75 Å². The van der Waals surface area contributed by atoms with Crippen LogP contribution in [0.1, 0.15) is 36.5 Å². The zero-order valence-electron chi connectivity index (χ0n) is 13.1. The van der Waals surface area contributed by atoms with Gasteiger partial charge in [0.1, 0.15) is 12.4 Å². The van der Waals surface area contributed by atoms with Crippen LogP contribution < -0.4 is 10.5 Å². The molecule has 2 aromatic rings. The zero-order chi connectivity index (χ0) is 15.7. The smallest absolute Gasteiger partial charge is 0.141 e. The van der Waals surface area contributed by atoms with Gasteiger partial charge in [-0.25, -0.2) is 0 Å². The third kappa shape index (κ3) is 2.86. The Morgan fingerprint density at radius 2 is 1.91 bits per heavy atom. The molecule has 2 N–H and O–H groups in total. The maximum absolute atomic E-state index is 6.47. The van der Waals surface area contributed by atoms with Gasteiger partial charge < -0.3 is 10.5 Å². The van der Waals surface area contributed by atoms with E-state index in [4.69, 9.17) is 22.1 Å². The van der Waals surface area contributed by atoms with Gasteiger partial charge in [0, 0.05) is 11.5 Å². The number of ether oxygens (including phenoxy) is 1. The van der Waals surface area contributed by atoms with E-state index >= 15 is 0 Å². The Labute approximate surface area is 137 Å². The third-order valence-electron chi connectivity index (χ3n) is 4.69. The monoisotopic (exact) mass is 315 g/mol. The molecule has 2 aromatic carbocycles. The summed E-state index contributed by atoms with van der Waals surface area (Å²) in [6.45, 7) is 4.65. The molecule has 116 valence electrons. The molecule has 3 rings (SSSR count). The highest BCUT2D eigenvalue weighted by molar-refractivity contribution is 6.32. The summed E-state index contributed by atoms with van der Waals surface area (Å²) in [6, 6.07) is 14.5. The Bertz CT molecular complexity index is 639. The van der Waals surface area contributed by atoms with Crippen molar-refractivity contribution in [3.8, 4) is 5.75 Å².